The minimum Gasteiger partial charge on any atom is -0.481 e. The molecule has 5 heteroatoms. The molecule has 1 saturated heterocycles. The zero-order valence-corrected chi connectivity index (χ0v) is 13.1. The van der Waals surface area contributed by atoms with Crippen LogP contribution in [-0.2, 0) is 4.79 Å². The molecule has 1 heterocycles. The standard InChI is InChI=1S/C16H28N2O3/c1-2-8-16(14(19)20)9-4-11-18(12-16)15(21)17-10-7-13-5-3-6-13/h13H,2-12H2,1H3,(H,17,21)(H,19,20). The molecule has 2 rings (SSSR count). The first-order chi connectivity index (χ1) is 10.1. The first kappa shape index (κ1) is 16.1. The van der Waals surface area contributed by atoms with Crippen molar-refractivity contribution in [1.29, 1.82) is 0 Å². The van der Waals surface area contributed by atoms with Crippen LogP contribution in [0, 0.1) is 11.3 Å². The van der Waals surface area contributed by atoms with Gasteiger partial charge in [0, 0.05) is 19.6 Å². The second kappa shape index (κ2) is 7.14. The molecular weight excluding hydrogens is 268 g/mol. The van der Waals surface area contributed by atoms with Crippen molar-refractivity contribution in [3.05, 3.63) is 0 Å². The average Bonchev–Trinajstić information content (AvgIpc) is 2.41. The van der Waals surface area contributed by atoms with E-state index in [-0.39, 0.29) is 6.03 Å². The van der Waals surface area contributed by atoms with E-state index in [9.17, 15) is 14.7 Å². The van der Waals surface area contributed by atoms with Gasteiger partial charge < -0.3 is 15.3 Å². The lowest BCUT2D eigenvalue weighted by Crippen LogP contribution is -2.52. The van der Waals surface area contributed by atoms with E-state index >= 15 is 0 Å². The number of hydrogen-bond acceptors (Lipinski definition) is 2. The predicted octanol–water partition coefficient (Wildman–Crippen LogP) is 2.85. The van der Waals surface area contributed by atoms with Crippen molar-refractivity contribution in [1.82, 2.24) is 10.2 Å². The largest absolute Gasteiger partial charge is 0.481 e. The van der Waals surface area contributed by atoms with Crippen molar-refractivity contribution >= 4 is 12.0 Å². The number of nitrogens with zero attached hydrogens (tertiary/aromatic N) is 1. The Bertz CT molecular complexity index is 378. The zero-order valence-electron chi connectivity index (χ0n) is 13.1. The summed E-state index contributed by atoms with van der Waals surface area (Å²) in [7, 11) is 0. The van der Waals surface area contributed by atoms with Crippen LogP contribution in [0.4, 0.5) is 4.79 Å². The quantitative estimate of drug-likeness (QED) is 0.792. The van der Waals surface area contributed by atoms with Crippen molar-refractivity contribution in [3.8, 4) is 0 Å². The van der Waals surface area contributed by atoms with E-state index in [2.05, 4.69) is 5.32 Å². The van der Waals surface area contributed by atoms with Gasteiger partial charge in [0.05, 0.1) is 5.41 Å². The van der Waals surface area contributed by atoms with Crippen LogP contribution in [0.25, 0.3) is 0 Å². The van der Waals surface area contributed by atoms with Gasteiger partial charge in [-0.05, 0) is 31.6 Å². The average molecular weight is 296 g/mol. The van der Waals surface area contributed by atoms with E-state index in [0.717, 1.165) is 25.2 Å². The van der Waals surface area contributed by atoms with Crippen molar-refractivity contribution in [3.63, 3.8) is 0 Å². The number of carbonyl (C=O) groups excluding carboxylic acids is 1. The maximum Gasteiger partial charge on any atom is 0.317 e. The molecule has 0 bridgehead atoms. The van der Waals surface area contributed by atoms with Gasteiger partial charge in [0.25, 0.3) is 0 Å². The van der Waals surface area contributed by atoms with E-state index in [1.807, 2.05) is 6.92 Å². The van der Waals surface area contributed by atoms with Crippen molar-refractivity contribution < 1.29 is 14.7 Å². The van der Waals surface area contributed by atoms with Crippen LogP contribution in [0.1, 0.15) is 58.3 Å². The van der Waals surface area contributed by atoms with Crippen LogP contribution < -0.4 is 5.32 Å². The smallest absolute Gasteiger partial charge is 0.317 e. The maximum atomic E-state index is 12.2. The van der Waals surface area contributed by atoms with Crippen molar-refractivity contribution in [2.45, 2.75) is 58.3 Å². The first-order valence-electron chi connectivity index (χ1n) is 8.33. The summed E-state index contributed by atoms with van der Waals surface area (Å²) in [5.74, 6) is 0.0289. The van der Waals surface area contributed by atoms with Crippen LogP contribution in [-0.4, -0.2) is 41.6 Å². The van der Waals surface area contributed by atoms with E-state index in [4.69, 9.17) is 0 Å². The molecule has 1 unspecified atom stereocenters. The van der Waals surface area contributed by atoms with E-state index in [0.29, 0.717) is 32.5 Å². The summed E-state index contributed by atoms with van der Waals surface area (Å²) in [6.07, 6.45) is 7.90. The van der Waals surface area contributed by atoms with Gasteiger partial charge >= 0.3 is 12.0 Å². The minimum absolute atomic E-state index is 0.0873. The number of piperidine rings is 1. The van der Waals surface area contributed by atoms with Gasteiger partial charge in [-0.1, -0.05) is 32.6 Å². The maximum absolute atomic E-state index is 12.2. The number of nitrogens with one attached hydrogen (secondary N) is 1. The summed E-state index contributed by atoms with van der Waals surface area (Å²) in [5, 5.41) is 12.5. The first-order valence-corrected chi connectivity index (χ1v) is 8.33. The monoisotopic (exact) mass is 296 g/mol. The molecule has 2 aliphatic rings. The third-order valence-electron chi connectivity index (χ3n) is 5.10. The Morgan fingerprint density at radius 3 is 2.67 bits per heavy atom. The van der Waals surface area contributed by atoms with Crippen LogP contribution in [0.2, 0.25) is 0 Å². The van der Waals surface area contributed by atoms with Crippen LogP contribution >= 0.6 is 0 Å². The summed E-state index contributed by atoms with van der Waals surface area (Å²) in [5.41, 5.74) is -0.738. The SMILES string of the molecule is CCCC1(C(=O)O)CCCN(C(=O)NCCC2CCC2)C1. The highest BCUT2D eigenvalue weighted by atomic mass is 16.4. The third kappa shape index (κ3) is 3.89. The van der Waals surface area contributed by atoms with Crippen LogP contribution in [0.3, 0.4) is 0 Å². The summed E-state index contributed by atoms with van der Waals surface area (Å²) >= 11 is 0. The van der Waals surface area contributed by atoms with Gasteiger partial charge in [0.15, 0.2) is 0 Å². The number of likely N-dealkylation sites (tertiary alicyclic amines) is 1. The normalized spacial score (nSPS) is 26.2. The van der Waals surface area contributed by atoms with E-state index in [1.165, 1.54) is 19.3 Å². The van der Waals surface area contributed by atoms with Crippen LogP contribution in [0.15, 0.2) is 0 Å². The van der Waals surface area contributed by atoms with Crippen molar-refractivity contribution in [2.75, 3.05) is 19.6 Å². The lowest BCUT2D eigenvalue weighted by molar-refractivity contribution is -0.152. The zero-order chi connectivity index (χ0) is 15.3. The van der Waals surface area contributed by atoms with Gasteiger partial charge in [0.2, 0.25) is 0 Å². The summed E-state index contributed by atoms with van der Waals surface area (Å²) in [6, 6.07) is -0.0873. The second-order valence-corrected chi connectivity index (χ2v) is 6.68. The second-order valence-electron chi connectivity index (χ2n) is 6.68. The Hall–Kier alpha value is -1.26. The fraction of sp³-hybridized carbons (Fsp3) is 0.875. The van der Waals surface area contributed by atoms with Gasteiger partial charge in [-0.3, -0.25) is 4.79 Å². The number of carboxylic acids is 1. The molecule has 0 aromatic heterocycles. The molecule has 0 radical (unpaired) electrons. The number of hydrogen-bond donors (Lipinski definition) is 2. The Labute approximate surface area is 127 Å². The number of aliphatic carboxylic acids is 1. The van der Waals surface area contributed by atoms with Gasteiger partial charge in [-0.2, -0.15) is 0 Å². The van der Waals surface area contributed by atoms with Gasteiger partial charge in [-0.25, -0.2) is 4.79 Å². The Balaban J connectivity index is 1.83. The molecule has 2 N–H and O–H groups in total. The Morgan fingerprint density at radius 1 is 1.33 bits per heavy atom. The van der Waals surface area contributed by atoms with Crippen molar-refractivity contribution in [2.24, 2.45) is 11.3 Å². The lowest BCUT2D eigenvalue weighted by atomic mass is 9.76. The molecule has 2 amide bonds. The number of urea groups is 1. The number of amides is 2. The lowest BCUT2D eigenvalue weighted by Gasteiger charge is -2.40. The fourth-order valence-corrected chi connectivity index (χ4v) is 3.55. The molecule has 2 fully saturated rings. The molecule has 21 heavy (non-hydrogen) atoms. The highest BCUT2D eigenvalue weighted by Gasteiger charge is 2.42. The Kier molecular flexibility index (Phi) is 5.48. The summed E-state index contributed by atoms with van der Waals surface area (Å²) < 4.78 is 0. The molecule has 5 nitrogen and oxygen atoms in total. The number of carbonyl (C=O) groups is 2. The molecule has 120 valence electrons. The molecule has 1 aliphatic carbocycles. The third-order valence-corrected chi connectivity index (χ3v) is 5.10. The molecular formula is C16H28N2O3. The number of carboxylic acid groups (broad SMARTS) is 1. The van der Waals surface area contributed by atoms with E-state index < -0.39 is 11.4 Å². The highest BCUT2D eigenvalue weighted by molar-refractivity contribution is 5.78. The highest BCUT2D eigenvalue weighted by Crippen LogP contribution is 2.35. The molecule has 0 spiro atoms. The minimum atomic E-state index is -0.753. The molecule has 1 atom stereocenters. The molecule has 0 aromatic rings. The topological polar surface area (TPSA) is 69.6 Å². The summed E-state index contributed by atoms with van der Waals surface area (Å²) in [6.45, 7) is 3.75. The molecule has 1 aliphatic heterocycles. The summed E-state index contributed by atoms with van der Waals surface area (Å²) in [4.78, 5) is 25.6. The van der Waals surface area contributed by atoms with Crippen LogP contribution in [0.5, 0.6) is 0 Å². The molecule has 0 aromatic carbocycles. The number of rotatable bonds is 6. The van der Waals surface area contributed by atoms with E-state index in [1.54, 1.807) is 4.90 Å². The van der Waals surface area contributed by atoms with Gasteiger partial charge in [-0.15, -0.1) is 0 Å². The predicted molar refractivity (Wildman–Crippen MR) is 81.1 cm³/mol. The fourth-order valence-electron chi connectivity index (χ4n) is 3.55. The molecule has 1 saturated carbocycles. The van der Waals surface area contributed by atoms with Gasteiger partial charge in [0.1, 0.15) is 0 Å². The Morgan fingerprint density at radius 2 is 2.10 bits per heavy atom.